The van der Waals surface area contributed by atoms with Gasteiger partial charge in [-0.15, -0.1) is 0 Å². The van der Waals surface area contributed by atoms with Crippen LogP contribution in [0, 0.1) is 0 Å². The largest absolute Gasteiger partial charge is 0.456 e. The first-order valence-corrected chi connectivity index (χ1v) is 15.4. The zero-order valence-electron chi connectivity index (χ0n) is 24.3. The lowest BCUT2D eigenvalue weighted by Gasteiger charge is -2.11. The highest BCUT2D eigenvalue weighted by molar-refractivity contribution is 6.13. The Hall–Kier alpha value is -6.06. The fourth-order valence-electron chi connectivity index (χ4n) is 7.29. The molecular formula is C42H26N2O. The maximum atomic E-state index is 6.16. The van der Waals surface area contributed by atoms with E-state index in [0.29, 0.717) is 0 Å². The number of hydrogen-bond acceptors (Lipinski definition) is 1. The Morgan fingerprint density at radius 2 is 0.822 bits per heavy atom. The van der Waals surface area contributed by atoms with E-state index in [1.807, 2.05) is 12.1 Å². The van der Waals surface area contributed by atoms with Gasteiger partial charge in [0.1, 0.15) is 11.2 Å². The maximum absolute atomic E-state index is 6.16. The minimum absolute atomic E-state index is 0.906. The molecule has 3 nitrogen and oxygen atoms in total. The molecule has 45 heavy (non-hydrogen) atoms. The number of furan rings is 1. The molecule has 3 heterocycles. The van der Waals surface area contributed by atoms with E-state index >= 15 is 0 Å². The summed E-state index contributed by atoms with van der Waals surface area (Å²) < 4.78 is 10.9. The molecule has 0 aliphatic heterocycles. The Morgan fingerprint density at radius 3 is 1.49 bits per heavy atom. The number of nitrogens with zero attached hydrogens (tertiary/aromatic N) is 2. The molecule has 0 amide bonds. The van der Waals surface area contributed by atoms with Crippen molar-refractivity contribution in [3.8, 4) is 22.5 Å². The Balaban J connectivity index is 1.22. The molecule has 7 aromatic carbocycles. The van der Waals surface area contributed by atoms with Gasteiger partial charge in [0.2, 0.25) is 0 Å². The molecule has 0 N–H and O–H groups in total. The van der Waals surface area contributed by atoms with Crippen LogP contribution in [0.3, 0.4) is 0 Å². The van der Waals surface area contributed by atoms with Gasteiger partial charge in [-0.25, -0.2) is 0 Å². The Kier molecular flexibility index (Phi) is 5.00. The van der Waals surface area contributed by atoms with Crippen LogP contribution in [0.4, 0.5) is 0 Å². The Bertz CT molecular complexity index is 2760. The topological polar surface area (TPSA) is 23.0 Å². The third-order valence-corrected chi connectivity index (χ3v) is 9.31. The third kappa shape index (κ3) is 3.52. The van der Waals surface area contributed by atoms with Crippen molar-refractivity contribution in [3.63, 3.8) is 0 Å². The van der Waals surface area contributed by atoms with Gasteiger partial charge in [-0.05, 0) is 71.8 Å². The lowest BCUT2D eigenvalue weighted by Crippen LogP contribution is -1.94. The van der Waals surface area contributed by atoms with Crippen LogP contribution in [-0.4, -0.2) is 9.13 Å². The number of aromatic nitrogens is 2. The number of fused-ring (bicyclic) bond motifs is 9. The molecule has 0 aliphatic carbocycles. The summed E-state index contributed by atoms with van der Waals surface area (Å²) in [5.41, 5.74) is 11.3. The predicted octanol–water partition coefficient (Wildman–Crippen LogP) is 11.4. The fraction of sp³-hybridized carbons (Fsp3) is 0. The normalized spacial score (nSPS) is 12.0. The summed E-state index contributed by atoms with van der Waals surface area (Å²) in [5, 5.41) is 7.28. The highest BCUT2D eigenvalue weighted by Gasteiger charge is 2.17. The molecule has 210 valence electrons. The molecule has 3 heteroatoms. The smallest absolute Gasteiger partial charge is 0.135 e. The average molecular weight is 575 g/mol. The maximum Gasteiger partial charge on any atom is 0.135 e. The summed E-state index contributed by atoms with van der Waals surface area (Å²) in [6, 6.07) is 56.7. The number of para-hydroxylation sites is 4. The van der Waals surface area contributed by atoms with Crippen LogP contribution >= 0.6 is 0 Å². The standard InChI is InChI=1S/C42H26N2O/c1-2-10-29(11-3-1)43-37-15-7-4-12-31(37)33-21-18-27(24-39(33)43)28-19-22-34-32-13-5-8-16-38(32)44(40(34)25-28)30-20-23-42-36(26-30)35-14-6-9-17-41(35)45-42/h1-26H. The molecule has 0 fully saturated rings. The number of benzene rings is 7. The second-order valence-electron chi connectivity index (χ2n) is 11.8. The molecule has 0 unspecified atom stereocenters. The summed E-state index contributed by atoms with van der Waals surface area (Å²) in [5.74, 6) is 0. The first kappa shape index (κ1) is 24.4. The van der Waals surface area contributed by atoms with Gasteiger partial charge in [0.25, 0.3) is 0 Å². The SMILES string of the molecule is c1ccc(-n2c3ccccc3c3ccc(-c4ccc5c6ccccc6n(-c6ccc7oc8ccccc8c7c6)c5c4)cc32)cc1. The van der Waals surface area contributed by atoms with Crippen molar-refractivity contribution < 1.29 is 4.42 Å². The monoisotopic (exact) mass is 574 g/mol. The Labute approximate surface area is 258 Å². The van der Waals surface area contributed by atoms with Crippen molar-refractivity contribution in [1.29, 1.82) is 0 Å². The van der Waals surface area contributed by atoms with Crippen LogP contribution in [0.2, 0.25) is 0 Å². The number of rotatable bonds is 3. The molecular weight excluding hydrogens is 548 g/mol. The summed E-state index contributed by atoms with van der Waals surface area (Å²) in [7, 11) is 0. The van der Waals surface area contributed by atoms with E-state index in [1.54, 1.807) is 0 Å². The summed E-state index contributed by atoms with van der Waals surface area (Å²) >= 11 is 0. The summed E-state index contributed by atoms with van der Waals surface area (Å²) in [4.78, 5) is 0. The van der Waals surface area contributed by atoms with Gasteiger partial charge < -0.3 is 13.6 Å². The molecule has 0 bridgehead atoms. The van der Waals surface area contributed by atoms with Crippen molar-refractivity contribution in [2.24, 2.45) is 0 Å². The van der Waals surface area contributed by atoms with Gasteiger partial charge in [-0.3, -0.25) is 0 Å². The summed E-state index contributed by atoms with van der Waals surface area (Å²) in [6.07, 6.45) is 0. The van der Waals surface area contributed by atoms with Crippen molar-refractivity contribution in [1.82, 2.24) is 9.13 Å². The van der Waals surface area contributed by atoms with Gasteiger partial charge in [-0.1, -0.05) is 97.1 Å². The van der Waals surface area contributed by atoms with Crippen molar-refractivity contribution in [2.75, 3.05) is 0 Å². The van der Waals surface area contributed by atoms with Crippen LogP contribution in [0.15, 0.2) is 162 Å². The molecule has 3 aromatic heterocycles. The van der Waals surface area contributed by atoms with Gasteiger partial charge in [0.15, 0.2) is 0 Å². The number of hydrogen-bond donors (Lipinski definition) is 0. The lowest BCUT2D eigenvalue weighted by atomic mass is 10.0. The second-order valence-corrected chi connectivity index (χ2v) is 11.8. The minimum atomic E-state index is 0.906. The van der Waals surface area contributed by atoms with Crippen molar-refractivity contribution in [2.45, 2.75) is 0 Å². The zero-order valence-corrected chi connectivity index (χ0v) is 24.3. The molecule has 10 rings (SSSR count). The quantitative estimate of drug-likeness (QED) is 0.206. The second kappa shape index (κ2) is 9.22. The molecule has 0 radical (unpaired) electrons. The summed E-state index contributed by atoms with van der Waals surface area (Å²) in [6.45, 7) is 0. The van der Waals surface area contributed by atoms with E-state index in [1.165, 1.54) is 60.4 Å². The van der Waals surface area contributed by atoms with E-state index in [4.69, 9.17) is 4.42 Å². The average Bonchev–Trinajstić information content (AvgIpc) is 3.75. The fourth-order valence-corrected chi connectivity index (χ4v) is 7.29. The van der Waals surface area contributed by atoms with Crippen molar-refractivity contribution in [3.05, 3.63) is 158 Å². The lowest BCUT2D eigenvalue weighted by molar-refractivity contribution is 0.669. The van der Waals surface area contributed by atoms with E-state index in [0.717, 1.165) is 27.6 Å². The van der Waals surface area contributed by atoms with Crippen LogP contribution in [0.25, 0.3) is 88.1 Å². The van der Waals surface area contributed by atoms with Gasteiger partial charge >= 0.3 is 0 Å². The van der Waals surface area contributed by atoms with Gasteiger partial charge in [0, 0.05) is 43.7 Å². The first-order chi connectivity index (χ1) is 22.3. The van der Waals surface area contributed by atoms with Crippen LogP contribution in [-0.2, 0) is 0 Å². The van der Waals surface area contributed by atoms with E-state index in [2.05, 4.69) is 155 Å². The Morgan fingerprint density at radius 1 is 0.311 bits per heavy atom. The molecule has 10 aromatic rings. The molecule has 0 saturated heterocycles. The molecule has 0 spiro atoms. The molecule has 0 saturated carbocycles. The van der Waals surface area contributed by atoms with Crippen molar-refractivity contribution >= 4 is 65.6 Å². The minimum Gasteiger partial charge on any atom is -0.456 e. The van der Waals surface area contributed by atoms with Crippen LogP contribution in [0.1, 0.15) is 0 Å². The van der Waals surface area contributed by atoms with E-state index < -0.39 is 0 Å². The van der Waals surface area contributed by atoms with E-state index in [-0.39, 0.29) is 0 Å². The van der Waals surface area contributed by atoms with Gasteiger partial charge in [0.05, 0.1) is 22.1 Å². The van der Waals surface area contributed by atoms with Gasteiger partial charge in [-0.2, -0.15) is 0 Å². The highest BCUT2D eigenvalue weighted by atomic mass is 16.3. The zero-order chi connectivity index (χ0) is 29.5. The van der Waals surface area contributed by atoms with Crippen LogP contribution in [0.5, 0.6) is 0 Å². The predicted molar refractivity (Wildman–Crippen MR) is 188 cm³/mol. The molecule has 0 aliphatic rings. The third-order valence-electron chi connectivity index (χ3n) is 9.31. The first-order valence-electron chi connectivity index (χ1n) is 15.4. The van der Waals surface area contributed by atoms with Crippen LogP contribution < -0.4 is 0 Å². The van der Waals surface area contributed by atoms with E-state index in [9.17, 15) is 0 Å². The molecule has 0 atom stereocenters. The highest BCUT2D eigenvalue weighted by Crippen LogP contribution is 2.39.